The van der Waals surface area contributed by atoms with Crippen molar-refractivity contribution in [1.29, 1.82) is 0 Å². The molecule has 0 amide bonds. The molecule has 2 bridgehead atoms. The largest absolute Gasteiger partial charge is 0.314 e. The van der Waals surface area contributed by atoms with Gasteiger partial charge in [0.25, 0.3) is 0 Å². The Bertz CT molecular complexity index is 244. The van der Waals surface area contributed by atoms with Crippen LogP contribution in [0.2, 0.25) is 0 Å². The minimum Gasteiger partial charge on any atom is -0.314 e. The Labute approximate surface area is 107 Å². The number of hydrogen-bond donors (Lipinski definition) is 1. The monoisotopic (exact) mass is 235 g/mol. The molecule has 3 fully saturated rings. The van der Waals surface area contributed by atoms with Crippen LogP contribution < -0.4 is 5.32 Å². The third kappa shape index (κ3) is 2.70. The molecule has 0 aromatic rings. The maximum absolute atomic E-state index is 3.88. The van der Waals surface area contributed by atoms with Gasteiger partial charge in [-0.15, -0.1) is 0 Å². The van der Waals surface area contributed by atoms with E-state index in [0.717, 1.165) is 29.7 Å². The lowest BCUT2D eigenvalue weighted by molar-refractivity contribution is 0.241. The SMILES string of the molecule is CC(NCC1CCCCC1)C1CC2CCC1C2. The van der Waals surface area contributed by atoms with Crippen molar-refractivity contribution in [3.8, 4) is 0 Å². The third-order valence-electron chi connectivity index (χ3n) is 5.89. The Morgan fingerprint density at radius 1 is 1.00 bits per heavy atom. The van der Waals surface area contributed by atoms with Crippen molar-refractivity contribution < 1.29 is 0 Å². The van der Waals surface area contributed by atoms with E-state index in [1.165, 1.54) is 57.9 Å². The van der Waals surface area contributed by atoms with Gasteiger partial charge < -0.3 is 5.32 Å². The molecule has 4 atom stereocenters. The van der Waals surface area contributed by atoms with Crippen molar-refractivity contribution in [1.82, 2.24) is 5.32 Å². The topological polar surface area (TPSA) is 12.0 Å². The molecule has 0 saturated heterocycles. The van der Waals surface area contributed by atoms with Gasteiger partial charge in [0.1, 0.15) is 0 Å². The Morgan fingerprint density at radius 3 is 2.47 bits per heavy atom. The van der Waals surface area contributed by atoms with E-state index < -0.39 is 0 Å². The van der Waals surface area contributed by atoms with E-state index in [9.17, 15) is 0 Å². The van der Waals surface area contributed by atoms with Crippen molar-refractivity contribution in [3.05, 3.63) is 0 Å². The number of rotatable bonds is 4. The van der Waals surface area contributed by atoms with E-state index >= 15 is 0 Å². The first kappa shape index (κ1) is 12.0. The lowest BCUT2D eigenvalue weighted by Gasteiger charge is -2.31. The standard InChI is InChI=1S/C16H29N/c1-12(16-10-14-7-8-15(16)9-14)17-11-13-5-3-2-4-6-13/h12-17H,2-11H2,1H3. The number of nitrogens with one attached hydrogen (secondary N) is 1. The highest BCUT2D eigenvalue weighted by molar-refractivity contribution is 4.94. The molecule has 1 heteroatoms. The van der Waals surface area contributed by atoms with Crippen LogP contribution in [0, 0.1) is 23.7 Å². The van der Waals surface area contributed by atoms with Crippen LogP contribution in [0.3, 0.4) is 0 Å². The second-order valence-electron chi connectivity index (χ2n) is 7.04. The first-order valence-electron chi connectivity index (χ1n) is 8.06. The first-order chi connectivity index (χ1) is 8.33. The van der Waals surface area contributed by atoms with Crippen LogP contribution in [0.5, 0.6) is 0 Å². The van der Waals surface area contributed by atoms with Crippen LogP contribution in [-0.4, -0.2) is 12.6 Å². The normalized spacial score (nSPS) is 39.7. The van der Waals surface area contributed by atoms with Gasteiger partial charge in [-0.1, -0.05) is 25.7 Å². The average Bonchev–Trinajstić information content (AvgIpc) is 2.99. The molecule has 3 saturated carbocycles. The molecule has 1 nitrogen and oxygen atoms in total. The second-order valence-corrected chi connectivity index (χ2v) is 7.04. The van der Waals surface area contributed by atoms with E-state index in [1.807, 2.05) is 0 Å². The Morgan fingerprint density at radius 2 is 1.82 bits per heavy atom. The zero-order chi connectivity index (χ0) is 11.7. The summed E-state index contributed by atoms with van der Waals surface area (Å²) in [5.74, 6) is 4.18. The van der Waals surface area contributed by atoms with Gasteiger partial charge in [0.05, 0.1) is 0 Å². The van der Waals surface area contributed by atoms with Gasteiger partial charge in [-0.25, -0.2) is 0 Å². The molecule has 98 valence electrons. The maximum Gasteiger partial charge on any atom is 0.00698 e. The van der Waals surface area contributed by atoms with Crippen molar-refractivity contribution in [2.24, 2.45) is 23.7 Å². The van der Waals surface area contributed by atoms with Gasteiger partial charge >= 0.3 is 0 Å². The molecule has 0 aliphatic heterocycles. The minimum absolute atomic E-state index is 0.784. The van der Waals surface area contributed by atoms with Gasteiger partial charge in [0.15, 0.2) is 0 Å². The summed E-state index contributed by atoms with van der Waals surface area (Å²) < 4.78 is 0. The van der Waals surface area contributed by atoms with Crippen LogP contribution in [-0.2, 0) is 0 Å². The van der Waals surface area contributed by atoms with Gasteiger partial charge in [-0.2, -0.15) is 0 Å². The summed E-state index contributed by atoms with van der Waals surface area (Å²) in [4.78, 5) is 0. The molecule has 17 heavy (non-hydrogen) atoms. The highest BCUT2D eigenvalue weighted by Gasteiger charge is 2.41. The molecule has 0 spiro atoms. The van der Waals surface area contributed by atoms with Crippen LogP contribution in [0.1, 0.15) is 64.7 Å². The number of hydrogen-bond acceptors (Lipinski definition) is 1. The van der Waals surface area contributed by atoms with Crippen molar-refractivity contribution in [2.45, 2.75) is 70.8 Å². The molecule has 0 heterocycles. The van der Waals surface area contributed by atoms with E-state index in [4.69, 9.17) is 0 Å². The Kier molecular flexibility index (Phi) is 3.75. The Hall–Kier alpha value is -0.0400. The fourth-order valence-electron chi connectivity index (χ4n) is 4.80. The fraction of sp³-hybridized carbons (Fsp3) is 1.00. The van der Waals surface area contributed by atoms with Gasteiger partial charge in [-0.3, -0.25) is 0 Å². The van der Waals surface area contributed by atoms with E-state index in [1.54, 1.807) is 6.42 Å². The van der Waals surface area contributed by atoms with Crippen molar-refractivity contribution >= 4 is 0 Å². The molecule has 0 aromatic heterocycles. The zero-order valence-corrected chi connectivity index (χ0v) is 11.5. The smallest absolute Gasteiger partial charge is 0.00698 e. The van der Waals surface area contributed by atoms with E-state index in [-0.39, 0.29) is 0 Å². The Balaban J connectivity index is 1.42. The molecule has 0 aromatic carbocycles. The predicted molar refractivity (Wildman–Crippen MR) is 73.0 cm³/mol. The molecular weight excluding hydrogens is 206 g/mol. The third-order valence-corrected chi connectivity index (χ3v) is 5.89. The van der Waals surface area contributed by atoms with Gasteiger partial charge in [0.2, 0.25) is 0 Å². The van der Waals surface area contributed by atoms with Gasteiger partial charge in [0, 0.05) is 6.04 Å². The van der Waals surface area contributed by atoms with E-state index in [2.05, 4.69) is 12.2 Å². The van der Waals surface area contributed by atoms with Crippen LogP contribution in [0.15, 0.2) is 0 Å². The molecule has 3 aliphatic carbocycles. The average molecular weight is 235 g/mol. The summed E-state index contributed by atoms with van der Waals surface area (Å²) in [6, 6.07) is 0.784. The molecule has 4 unspecified atom stereocenters. The summed E-state index contributed by atoms with van der Waals surface area (Å²) in [7, 11) is 0. The summed E-state index contributed by atoms with van der Waals surface area (Å²) >= 11 is 0. The van der Waals surface area contributed by atoms with Crippen molar-refractivity contribution in [3.63, 3.8) is 0 Å². The zero-order valence-electron chi connectivity index (χ0n) is 11.5. The molecule has 3 rings (SSSR count). The van der Waals surface area contributed by atoms with Crippen LogP contribution in [0.4, 0.5) is 0 Å². The van der Waals surface area contributed by atoms with Crippen LogP contribution in [0.25, 0.3) is 0 Å². The number of fused-ring (bicyclic) bond motifs is 2. The molecule has 1 N–H and O–H groups in total. The van der Waals surface area contributed by atoms with E-state index in [0.29, 0.717) is 0 Å². The highest BCUT2D eigenvalue weighted by Crippen LogP contribution is 2.49. The predicted octanol–water partition coefficient (Wildman–Crippen LogP) is 3.98. The summed E-state index contributed by atoms with van der Waals surface area (Å²) in [5, 5.41) is 3.88. The molecule has 3 aliphatic rings. The minimum atomic E-state index is 0.784. The fourth-order valence-corrected chi connectivity index (χ4v) is 4.80. The lowest BCUT2D eigenvalue weighted by Crippen LogP contribution is -2.39. The lowest BCUT2D eigenvalue weighted by atomic mass is 9.83. The summed E-state index contributed by atoms with van der Waals surface area (Å²) in [6.45, 7) is 3.75. The first-order valence-corrected chi connectivity index (χ1v) is 8.06. The molecule has 0 radical (unpaired) electrons. The van der Waals surface area contributed by atoms with Crippen LogP contribution >= 0.6 is 0 Å². The quantitative estimate of drug-likeness (QED) is 0.777. The highest BCUT2D eigenvalue weighted by atomic mass is 14.9. The second kappa shape index (κ2) is 5.30. The summed E-state index contributed by atoms with van der Waals surface area (Å²) in [5.41, 5.74) is 0. The molecular formula is C16H29N. The summed E-state index contributed by atoms with van der Waals surface area (Å²) in [6.07, 6.45) is 13.6. The maximum atomic E-state index is 3.88. The van der Waals surface area contributed by atoms with Crippen molar-refractivity contribution in [2.75, 3.05) is 6.54 Å². The van der Waals surface area contributed by atoms with Gasteiger partial charge in [-0.05, 0) is 69.2 Å².